The van der Waals surface area contributed by atoms with Gasteiger partial charge in [-0.05, 0) is 25.7 Å². The topological polar surface area (TPSA) is 84.0 Å². The largest absolute Gasteiger partial charge is 0.344 e. The fourth-order valence-electron chi connectivity index (χ4n) is 3.61. The van der Waals surface area contributed by atoms with Crippen LogP contribution in [0.5, 0.6) is 0 Å². The number of nitrogens with zero attached hydrogens (tertiary/aromatic N) is 2. The van der Waals surface area contributed by atoms with E-state index in [0.29, 0.717) is 5.13 Å². The minimum atomic E-state index is -0.568. The van der Waals surface area contributed by atoms with E-state index in [4.69, 9.17) is 0 Å². The molecular formula is C22H30N4O2S. The zero-order valence-corrected chi connectivity index (χ0v) is 18.2. The van der Waals surface area contributed by atoms with Crippen molar-refractivity contribution < 1.29 is 9.59 Å². The molecule has 1 heterocycles. The van der Waals surface area contributed by atoms with Gasteiger partial charge in [-0.3, -0.25) is 14.9 Å². The predicted molar refractivity (Wildman–Crippen MR) is 117 cm³/mol. The molecule has 2 atom stereocenters. The normalized spacial score (nSPS) is 16.8. The lowest BCUT2D eigenvalue weighted by Gasteiger charge is -2.27. The van der Waals surface area contributed by atoms with E-state index >= 15 is 0 Å². The SMILES string of the molecule is CC[C@H](C)[C@H](NC(=O)C1CCCCC1)C(=O)Nc1nnc(-c2ccc(C)cc2)s1. The molecule has 1 aromatic heterocycles. The van der Waals surface area contributed by atoms with Gasteiger partial charge in [0.2, 0.25) is 16.9 Å². The van der Waals surface area contributed by atoms with Gasteiger partial charge >= 0.3 is 0 Å². The number of aryl methyl sites for hydroxylation is 1. The average Bonchev–Trinajstić information content (AvgIpc) is 3.20. The molecule has 1 aromatic carbocycles. The first-order valence-corrected chi connectivity index (χ1v) is 11.3. The summed E-state index contributed by atoms with van der Waals surface area (Å²) in [5, 5.41) is 15.4. The van der Waals surface area contributed by atoms with Crippen LogP contribution < -0.4 is 10.6 Å². The molecule has 6 nitrogen and oxygen atoms in total. The van der Waals surface area contributed by atoms with Crippen LogP contribution in [-0.2, 0) is 9.59 Å². The van der Waals surface area contributed by atoms with E-state index in [-0.39, 0.29) is 23.7 Å². The Morgan fingerprint density at radius 3 is 2.48 bits per heavy atom. The third-order valence-electron chi connectivity index (χ3n) is 5.72. The summed E-state index contributed by atoms with van der Waals surface area (Å²) in [7, 11) is 0. The molecule has 1 fully saturated rings. The Labute approximate surface area is 176 Å². The van der Waals surface area contributed by atoms with Crippen LogP contribution in [0.3, 0.4) is 0 Å². The predicted octanol–water partition coefficient (Wildman–Crippen LogP) is 4.56. The van der Waals surface area contributed by atoms with E-state index in [0.717, 1.165) is 42.7 Å². The van der Waals surface area contributed by atoms with Gasteiger partial charge in [0.05, 0.1) is 0 Å². The van der Waals surface area contributed by atoms with Gasteiger partial charge < -0.3 is 5.32 Å². The minimum absolute atomic E-state index is 0.00255. The summed E-state index contributed by atoms with van der Waals surface area (Å²) < 4.78 is 0. The molecule has 0 spiro atoms. The monoisotopic (exact) mass is 414 g/mol. The molecule has 0 saturated heterocycles. The molecule has 1 aliphatic carbocycles. The zero-order chi connectivity index (χ0) is 20.8. The maximum atomic E-state index is 12.9. The highest BCUT2D eigenvalue weighted by atomic mass is 32.1. The molecule has 0 radical (unpaired) electrons. The van der Waals surface area contributed by atoms with Crippen LogP contribution in [0.2, 0.25) is 0 Å². The van der Waals surface area contributed by atoms with Gasteiger partial charge in [-0.1, -0.05) is 80.7 Å². The number of anilines is 1. The first-order chi connectivity index (χ1) is 14.0. The smallest absolute Gasteiger partial charge is 0.249 e. The lowest BCUT2D eigenvalue weighted by Crippen LogP contribution is -2.49. The van der Waals surface area contributed by atoms with Crippen LogP contribution in [-0.4, -0.2) is 28.1 Å². The summed E-state index contributed by atoms with van der Waals surface area (Å²) in [5.41, 5.74) is 2.15. The maximum Gasteiger partial charge on any atom is 0.249 e. The van der Waals surface area contributed by atoms with Crippen molar-refractivity contribution in [3.05, 3.63) is 29.8 Å². The van der Waals surface area contributed by atoms with Gasteiger partial charge in [-0.25, -0.2) is 0 Å². The number of aromatic nitrogens is 2. The van der Waals surface area contributed by atoms with Crippen molar-refractivity contribution in [2.75, 3.05) is 5.32 Å². The van der Waals surface area contributed by atoms with Gasteiger partial charge in [0.15, 0.2) is 0 Å². The molecule has 7 heteroatoms. The maximum absolute atomic E-state index is 12.9. The molecule has 2 N–H and O–H groups in total. The Morgan fingerprint density at radius 1 is 1.14 bits per heavy atom. The highest BCUT2D eigenvalue weighted by Gasteiger charge is 2.30. The molecule has 2 aromatic rings. The molecule has 1 saturated carbocycles. The van der Waals surface area contributed by atoms with Crippen molar-refractivity contribution in [2.24, 2.45) is 11.8 Å². The summed E-state index contributed by atoms with van der Waals surface area (Å²) in [6.45, 7) is 6.05. The number of amides is 2. The van der Waals surface area contributed by atoms with E-state index in [2.05, 4.69) is 20.8 Å². The highest BCUT2D eigenvalue weighted by molar-refractivity contribution is 7.18. The van der Waals surface area contributed by atoms with E-state index in [1.807, 2.05) is 45.0 Å². The fraction of sp³-hybridized carbons (Fsp3) is 0.545. The second kappa shape index (κ2) is 9.96. The van der Waals surface area contributed by atoms with Gasteiger partial charge in [-0.15, -0.1) is 10.2 Å². The molecule has 29 heavy (non-hydrogen) atoms. The lowest BCUT2D eigenvalue weighted by atomic mass is 9.88. The molecule has 1 aliphatic rings. The second-order valence-electron chi connectivity index (χ2n) is 7.97. The molecule has 2 amide bonds. The van der Waals surface area contributed by atoms with Crippen molar-refractivity contribution in [1.29, 1.82) is 0 Å². The molecule has 0 unspecified atom stereocenters. The highest BCUT2D eigenvalue weighted by Crippen LogP contribution is 2.27. The van der Waals surface area contributed by atoms with Crippen LogP contribution in [0.15, 0.2) is 24.3 Å². The minimum Gasteiger partial charge on any atom is -0.344 e. The Hall–Kier alpha value is -2.28. The van der Waals surface area contributed by atoms with E-state index < -0.39 is 6.04 Å². The van der Waals surface area contributed by atoms with Gasteiger partial charge in [0.25, 0.3) is 0 Å². The number of hydrogen-bond donors (Lipinski definition) is 2. The molecule has 156 valence electrons. The Bertz CT molecular complexity index is 828. The summed E-state index contributed by atoms with van der Waals surface area (Å²) >= 11 is 1.34. The van der Waals surface area contributed by atoms with Crippen molar-refractivity contribution in [1.82, 2.24) is 15.5 Å². The zero-order valence-electron chi connectivity index (χ0n) is 17.4. The average molecular weight is 415 g/mol. The first kappa shape index (κ1) is 21.4. The van der Waals surface area contributed by atoms with Crippen LogP contribution in [0.25, 0.3) is 10.6 Å². The Morgan fingerprint density at radius 2 is 1.83 bits per heavy atom. The number of nitrogens with one attached hydrogen (secondary N) is 2. The Kier molecular flexibility index (Phi) is 7.36. The standard InChI is InChI=1S/C22H30N4O2S/c1-4-15(3)18(23-19(27)16-8-6-5-7-9-16)20(28)24-22-26-25-21(29-22)17-12-10-14(2)11-13-17/h10-13,15-16,18H,4-9H2,1-3H3,(H,23,27)(H,24,26,28)/t15-,18-/m0/s1. The fourth-order valence-corrected chi connectivity index (χ4v) is 4.36. The number of carbonyl (C=O) groups excluding carboxylic acids is 2. The van der Waals surface area contributed by atoms with E-state index in [1.54, 1.807) is 0 Å². The van der Waals surface area contributed by atoms with Crippen molar-refractivity contribution in [3.63, 3.8) is 0 Å². The van der Waals surface area contributed by atoms with E-state index in [9.17, 15) is 9.59 Å². The quantitative estimate of drug-likeness (QED) is 0.695. The lowest BCUT2D eigenvalue weighted by molar-refractivity contribution is -0.130. The molecular weight excluding hydrogens is 384 g/mol. The molecule has 0 bridgehead atoms. The summed E-state index contributed by atoms with van der Waals surface area (Å²) in [6.07, 6.45) is 6.00. The summed E-state index contributed by atoms with van der Waals surface area (Å²) in [5.74, 6) is -0.164. The number of carbonyl (C=O) groups is 2. The van der Waals surface area contributed by atoms with Crippen LogP contribution in [0.1, 0.15) is 57.9 Å². The van der Waals surface area contributed by atoms with Gasteiger partial charge in [0, 0.05) is 11.5 Å². The Balaban J connectivity index is 1.66. The summed E-state index contributed by atoms with van der Waals surface area (Å²) in [6, 6.07) is 7.46. The number of hydrogen-bond acceptors (Lipinski definition) is 5. The van der Waals surface area contributed by atoms with Crippen molar-refractivity contribution >= 4 is 28.3 Å². The molecule has 0 aliphatic heterocycles. The summed E-state index contributed by atoms with van der Waals surface area (Å²) in [4.78, 5) is 25.6. The first-order valence-electron chi connectivity index (χ1n) is 10.5. The third kappa shape index (κ3) is 5.63. The van der Waals surface area contributed by atoms with Crippen molar-refractivity contribution in [3.8, 4) is 10.6 Å². The third-order valence-corrected chi connectivity index (χ3v) is 6.61. The second-order valence-corrected chi connectivity index (χ2v) is 8.95. The van der Waals surface area contributed by atoms with Crippen LogP contribution in [0.4, 0.5) is 5.13 Å². The van der Waals surface area contributed by atoms with Crippen LogP contribution in [0, 0.1) is 18.8 Å². The van der Waals surface area contributed by atoms with Crippen molar-refractivity contribution in [2.45, 2.75) is 65.3 Å². The van der Waals surface area contributed by atoms with Gasteiger partial charge in [-0.2, -0.15) is 0 Å². The number of benzene rings is 1. The van der Waals surface area contributed by atoms with Gasteiger partial charge in [0.1, 0.15) is 11.0 Å². The number of rotatable bonds is 7. The van der Waals surface area contributed by atoms with Crippen LogP contribution >= 0.6 is 11.3 Å². The molecule has 3 rings (SSSR count). The van der Waals surface area contributed by atoms with E-state index in [1.165, 1.54) is 23.3 Å².